The molecule has 20 heavy (non-hydrogen) atoms. The minimum atomic E-state index is 0.257. The third-order valence-electron chi connectivity index (χ3n) is 4.55. The highest BCUT2D eigenvalue weighted by Gasteiger charge is 2.35. The summed E-state index contributed by atoms with van der Waals surface area (Å²) in [6.07, 6.45) is 7.09. The van der Waals surface area contributed by atoms with Crippen molar-refractivity contribution in [3.05, 3.63) is 23.9 Å². The van der Waals surface area contributed by atoms with Crippen LogP contribution in [0.4, 0.5) is 5.95 Å². The molecular weight excluding hydrogens is 250 g/mol. The molecule has 0 atom stereocenters. The van der Waals surface area contributed by atoms with Crippen LogP contribution in [0.15, 0.2) is 18.3 Å². The van der Waals surface area contributed by atoms with E-state index < -0.39 is 0 Å². The van der Waals surface area contributed by atoms with Gasteiger partial charge in [-0.05, 0) is 51.6 Å². The van der Waals surface area contributed by atoms with E-state index in [-0.39, 0.29) is 5.54 Å². The molecule has 5 nitrogen and oxygen atoms in total. The number of aromatic nitrogens is 3. The second-order valence-corrected chi connectivity index (χ2v) is 6.12. The van der Waals surface area contributed by atoms with Gasteiger partial charge in [-0.3, -0.25) is 0 Å². The van der Waals surface area contributed by atoms with Crippen molar-refractivity contribution in [1.82, 2.24) is 19.5 Å². The first-order chi connectivity index (χ1) is 9.59. The van der Waals surface area contributed by atoms with Crippen LogP contribution in [-0.2, 0) is 0 Å². The van der Waals surface area contributed by atoms with Gasteiger partial charge in [0.05, 0.1) is 0 Å². The van der Waals surface area contributed by atoms with Gasteiger partial charge in [0.15, 0.2) is 5.65 Å². The van der Waals surface area contributed by atoms with Gasteiger partial charge in [-0.15, -0.1) is 5.10 Å². The normalized spacial score (nSPS) is 18.0. The van der Waals surface area contributed by atoms with Gasteiger partial charge in [-0.1, -0.05) is 12.8 Å². The maximum Gasteiger partial charge on any atom is 0.243 e. The Hall–Kier alpha value is -1.62. The van der Waals surface area contributed by atoms with E-state index in [1.54, 1.807) is 0 Å². The number of nitrogens with one attached hydrogen (secondary N) is 1. The Morgan fingerprint density at radius 3 is 2.80 bits per heavy atom. The Labute approximate surface area is 120 Å². The Morgan fingerprint density at radius 1 is 1.35 bits per heavy atom. The number of likely N-dealkylation sites (N-methyl/N-ethyl adjacent to an activating group) is 1. The molecule has 2 aromatic rings. The lowest BCUT2D eigenvalue weighted by atomic mass is 9.96. The topological polar surface area (TPSA) is 45.5 Å². The molecule has 2 aromatic heterocycles. The molecule has 0 unspecified atom stereocenters. The van der Waals surface area contributed by atoms with Crippen molar-refractivity contribution in [2.75, 3.05) is 26.0 Å². The van der Waals surface area contributed by atoms with E-state index in [2.05, 4.69) is 47.4 Å². The van der Waals surface area contributed by atoms with Gasteiger partial charge in [-0.25, -0.2) is 4.52 Å². The number of fused-ring (bicyclic) bond motifs is 1. The fourth-order valence-corrected chi connectivity index (χ4v) is 3.12. The molecule has 1 aliphatic rings. The van der Waals surface area contributed by atoms with Crippen LogP contribution >= 0.6 is 0 Å². The van der Waals surface area contributed by atoms with Gasteiger partial charge in [0, 0.05) is 18.3 Å². The number of anilines is 1. The number of hydrogen-bond acceptors (Lipinski definition) is 4. The summed E-state index contributed by atoms with van der Waals surface area (Å²) in [7, 11) is 4.35. The van der Waals surface area contributed by atoms with Crippen molar-refractivity contribution in [2.45, 2.75) is 38.1 Å². The third-order valence-corrected chi connectivity index (χ3v) is 4.55. The first-order valence-corrected chi connectivity index (χ1v) is 7.33. The predicted octanol–water partition coefficient (Wildman–Crippen LogP) is 2.32. The van der Waals surface area contributed by atoms with Crippen molar-refractivity contribution in [2.24, 2.45) is 0 Å². The van der Waals surface area contributed by atoms with Crippen LogP contribution in [0.2, 0.25) is 0 Å². The Balaban J connectivity index is 1.76. The molecule has 0 radical (unpaired) electrons. The van der Waals surface area contributed by atoms with Crippen LogP contribution in [0.25, 0.3) is 5.65 Å². The molecule has 0 aliphatic heterocycles. The number of pyridine rings is 1. The summed E-state index contributed by atoms with van der Waals surface area (Å²) in [4.78, 5) is 6.90. The Bertz CT molecular complexity index is 595. The second-order valence-electron chi connectivity index (χ2n) is 6.12. The van der Waals surface area contributed by atoms with Gasteiger partial charge < -0.3 is 10.2 Å². The molecule has 1 aliphatic carbocycles. The number of aryl methyl sites for hydroxylation is 1. The number of nitrogens with zero attached hydrogens (tertiary/aromatic N) is 4. The summed E-state index contributed by atoms with van der Waals surface area (Å²) in [5.74, 6) is 0.726. The molecule has 1 fully saturated rings. The standard InChI is InChI=1S/C15H23N5/c1-12-6-9-20-13(10-12)17-14(18-20)16-11-15(19(2)3)7-4-5-8-15/h6,9-10H,4-5,7-8,11H2,1-3H3,(H,16,18). The van der Waals surface area contributed by atoms with Crippen molar-refractivity contribution >= 4 is 11.6 Å². The largest absolute Gasteiger partial charge is 0.351 e. The van der Waals surface area contributed by atoms with Gasteiger partial charge in [0.2, 0.25) is 5.95 Å². The van der Waals surface area contributed by atoms with E-state index >= 15 is 0 Å². The zero-order chi connectivity index (χ0) is 14.2. The molecule has 108 valence electrons. The maximum absolute atomic E-state index is 4.55. The quantitative estimate of drug-likeness (QED) is 0.928. The van der Waals surface area contributed by atoms with Crippen LogP contribution in [0, 0.1) is 6.92 Å². The summed E-state index contributed by atoms with van der Waals surface area (Å²) in [5, 5.41) is 7.91. The summed E-state index contributed by atoms with van der Waals surface area (Å²) >= 11 is 0. The molecule has 5 heteroatoms. The molecule has 0 amide bonds. The Kier molecular flexibility index (Phi) is 3.38. The predicted molar refractivity (Wildman–Crippen MR) is 81.1 cm³/mol. The monoisotopic (exact) mass is 273 g/mol. The van der Waals surface area contributed by atoms with Gasteiger partial charge in [0.25, 0.3) is 0 Å². The molecule has 1 N–H and O–H groups in total. The zero-order valence-electron chi connectivity index (χ0n) is 12.6. The summed E-state index contributed by atoms with van der Waals surface area (Å²) < 4.78 is 1.83. The molecule has 0 saturated heterocycles. The highest BCUT2D eigenvalue weighted by atomic mass is 15.3. The average Bonchev–Trinajstić information content (AvgIpc) is 3.02. The average molecular weight is 273 g/mol. The minimum Gasteiger partial charge on any atom is -0.351 e. The van der Waals surface area contributed by atoms with Crippen molar-refractivity contribution in [3.8, 4) is 0 Å². The molecular formula is C15H23N5. The van der Waals surface area contributed by atoms with E-state index in [9.17, 15) is 0 Å². The van der Waals surface area contributed by atoms with Crippen molar-refractivity contribution < 1.29 is 0 Å². The summed E-state index contributed by atoms with van der Waals surface area (Å²) in [6.45, 7) is 2.98. The number of rotatable bonds is 4. The third kappa shape index (κ3) is 2.38. The lowest BCUT2D eigenvalue weighted by Crippen LogP contribution is -2.47. The van der Waals surface area contributed by atoms with Gasteiger partial charge in [0.1, 0.15) is 0 Å². The molecule has 2 heterocycles. The number of hydrogen-bond donors (Lipinski definition) is 1. The van der Waals surface area contributed by atoms with Crippen LogP contribution in [-0.4, -0.2) is 45.7 Å². The summed E-state index contributed by atoms with van der Waals surface area (Å²) in [5.41, 5.74) is 2.36. The van der Waals surface area contributed by atoms with Crippen LogP contribution in [0.3, 0.4) is 0 Å². The highest BCUT2D eigenvalue weighted by Crippen LogP contribution is 2.33. The smallest absolute Gasteiger partial charge is 0.243 e. The van der Waals surface area contributed by atoms with Crippen molar-refractivity contribution in [1.29, 1.82) is 0 Å². The van der Waals surface area contributed by atoms with E-state index in [0.29, 0.717) is 0 Å². The second kappa shape index (κ2) is 5.05. The Morgan fingerprint density at radius 2 is 2.10 bits per heavy atom. The van der Waals surface area contributed by atoms with E-state index in [1.807, 2.05) is 16.8 Å². The molecule has 0 bridgehead atoms. The summed E-state index contributed by atoms with van der Waals surface area (Å²) in [6, 6.07) is 4.10. The maximum atomic E-state index is 4.55. The molecule has 1 saturated carbocycles. The molecule has 0 spiro atoms. The van der Waals surface area contributed by atoms with E-state index in [4.69, 9.17) is 0 Å². The minimum absolute atomic E-state index is 0.257. The van der Waals surface area contributed by atoms with Crippen LogP contribution in [0.5, 0.6) is 0 Å². The van der Waals surface area contributed by atoms with Crippen LogP contribution < -0.4 is 5.32 Å². The lowest BCUT2D eigenvalue weighted by Gasteiger charge is -2.36. The lowest BCUT2D eigenvalue weighted by molar-refractivity contribution is 0.172. The van der Waals surface area contributed by atoms with Crippen LogP contribution in [0.1, 0.15) is 31.2 Å². The van der Waals surface area contributed by atoms with E-state index in [0.717, 1.165) is 18.1 Å². The first-order valence-electron chi connectivity index (χ1n) is 7.33. The zero-order valence-corrected chi connectivity index (χ0v) is 12.6. The van der Waals surface area contributed by atoms with Crippen molar-refractivity contribution in [3.63, 3.8) is 0 Å². The highest BCUT2D eigenvalue weighted by molar-refractivity contribution is 5.45. The fourth-order valence-electron chi connectivity index (χ4n) is 3.12. The molecule has 3 rings (SSSR count). The fraction of sp³-hybridized carbons (Fsp3) is 0.600. The SMILES string of the molecule is Cc1ccn2nc(NCC3(N(C)C)CCCC3)nc2c1. The first kappa shape index (κ1) is 13.4. The molecule has 0 aromatic carbocycles. The van der Waals surface area contributed by atoms with Gasteiger partial charge in [-0.2, -0.15) is 4.98 Å². The van der Waals surface area contributed by atoms with Gasteiger partial charge >= 0.3 is 0 Å². The van der Waals surface area contributed by atoms with E-state index in [1.165, 1.54) is 31.2 Å².